The maximum Gasteiger partial charge on any atom is 0.265 e. The summed E-state index contributed by atoms with van der Waals surface area (Å²) in [6, 6.07) is 17.0. The number of benzene rings is 2. The van der Waals surface area contributed by atoms with E-state index in [1.165, 1.54) is 0 Å². The lowest BCUT2D eigenvalue weighted by molar-refractivity contribution is 0.653. The van der Waals surface area contributed by atoms with Crippen molar-refractivity contribution in [3.63, 3.8) is 0 Å². The summed E-state index contributed by atoms with van der Waals surface area (Å²) < 4.78 is 7.33. The highest BCUT2D eigenvalue weighted by atomic mass is 16.3. The first kappa shape index (κ1) is 9.48. The number of para-hydroxylation sites is 2. The minimum absolute atomic E-state index is 0.0342. The van der Waals surface area contributed by atoms with Crippen LogP contribution in [0.15, 0.2) is 63.8 Å². The third-order valence-corrected chi connectivity index (χ3v) is 3.21. The first-order valence-electron chi connectivity index (χ1n) is 5.77. The number of rotatable bonds is 0. The van der Waals surface area contributed by atoms with Gasteiger partial charge in [-0.2, -0.15) is 0 Å². The topological polar surface area (TPSA) is 34.6 Å². The molecule has 2 aromatic carbocycles. The monoisotopic (exact) mass is 235 g/mol. The van der Waals surface area contributed by atoms with Crippen molar-refractivity contribution >= 4 is 27.6 Å². The molecule has 86 valence electrons. The molecule has 3 nitrogen and oxygen atoms in total. The van der Waals surface area contributed by atoms with Crippen molar-refractivity contribution in [1.82, 2.24) is 4.40 Å². The van der Waals surface area contributed by atoms with Gasteiger partial charge in [-0.05, 0) is 23.6 Å². The average Bonchev–Trinajstić information content (AvgIpc) is 2.77. The highest BCUT2D eigenvalue weighted by Gasteiger charge is 2.10. The molecule has 0 aliphatic rings. The second-order valence-corrected chi connectivity index (χ2v) is 4.28. The molecule has 0 aliphatic heterocycles. The number of fused-ring (bicyclic) bond motifs is 4. The SMILES string of the molecule is O=c1c2ccccc2cc2oc3ccccc3n12. The normalized spacial score (nSPS) is 11.6. The van der Waals surface area contributed by atoms with Gasteiger partial charge in [0.15, 0.2) is 5.58 Å². The summed E-state index contributed by atoms with van der Waals surface area (Å²) in [5, 5.41) is 1.61. The van der Waals surface area contributed by atoms with Gasteiger partial charge in [-0.15, -0.1) is 0 Å². The number of pyridine rings is 1. The van der Waals surface area contributed by atoms with Crippen molar-refractivity contribution in [2.45, 2.75) is 0 Å². The third kappa shape index (κ3) is 1.10. The van der Waals surface area contributed by atoms with E-state index in [9.17, 15) is 4.79 Å². The fourth-order valence-corrected chi connectivity index (χ4v) is 2.38. The van der Waals surface area contributed by atoms with Crippen molar-refractivity contribution in [3.05, 3.63) is 65.0 Å². The molecule has 2 heterocycles. The molecular weight excluding hydrogens is 226 g/mol. The van der Waals surface area contributed by atoms with E-state index in [-0.39, 0.29) is 5.56 Å². The molecule has 0 amide bonds. The van der Waals surface area contributed by atoms with Gasteiger partial charge in [0, 0.05) is 11.5 Å². The van der Waals surface area contributed by atoms with Gasteiger partial charge in [-0.3, -0.25) is 4.79 Å². The van der Waals surface area contributed by atoms with Crippen LogP contribution in [0.5, 0.6) is 0 Å². The molecular formula is C15H9NO2. The van der Waals surface area contributed by atoms with Crippen LogP contribution in [-0.2, 0) is 0 Å². The zero-order valence-electron chi connectivity index (χ0n) is 9.46. The van der Waals surface area contributed by atoms with Gasteiger partial charge in [0.1, 0.15) is 0 Å². The quantitative estimate of drug-likeness (QED) is 0.469. The van der Waals surface area contributed by atoms with E-state index in [4.69, 9.17) is 4.42 Å². The molecule has 0 saturated carbocycles. The van der Waals surface area contributed by atoms with Crippen molar-refractivity contribution < 1.29 is 4.42 Å². The number of oxazole rings is 1. The van der Waals surface area contributed by atoms with Crippen molar-refractivity contribution in [2.24, 2.45) is 0 Å². The third-order valence-electron chi connectivity index (χ3n) is 3.21. The fraction of sp³-hybridized carbons (Fsp3) is 0. The Labute approximate surface area is 102 Å². The van der Waals surface area contributed by atoms with E-state index in [0.717, 1.165) is 16.5 Å². The lowest BCUT2D eigenvalue weighted by Gasteiger charge is -1.97. The van der Waals surface area contributed by atoms with Gasteiger partial charge < -0.3 is 4.42 Å². The van der Waals surface area contributed by atoms with Crippen molar-refractivity contribution in [3.8, 4) is 0 Å². The van der Waals surface area contributed by atoms with E-state index >= 15 is 0 Å². The van der Waals surface area contributed by atoms with Crippen LogP contribution in [0, 0.1) is 0 Å². The summed E-state index contributed by atoms with van der Waals surface area (Å²) in [5.74, 6) is 0. The number of hydrogen-bond acceptors (Lipinski definition) is 2. The van der Waals surface area contributed by atoms with E-state index < -0.39 is 0 Å². The Bertz CT molecular complexity index is 947. The molecule has 0 spiro atoms. The van der Waals surface area contributed by atoms with Gasteiger partial charge in [-0.1, -0.05) is 30.3 Å². The van der Waals surface area contributed by atoms with Crippen LogP contribution in [0.2, 0.25) is 0 Å². The number of nitrogens with zero attached hydrogens (tertiary/aromatic N) is 1. The molecule has 18 heavy (non-hydrogen) atoms. The van der Waals surface area contributed by atoms with Crippen LogP contribution >= 0.6 is 0 Å². The Kier molecular flexibility index (Phi) is 1.70. The largest absolute Gasteiger partial charge is 0.438 e. The molecule has 4 aromatic rings. The van der Waals surface area contributed by atoms with Gasteiger partial charge in [0.25, 0.3) is 5.56 Å². The van der Waals surface area contributed by atoms with Gasteiger partial charge in [0.05, 0.1) is 5.52 Å². The highest BCUT2D eigenvalue weighted by Crippen LogP contribution is 2.21. The molecule has 4 rings (SSSR count). The predicted molar refractivity (Wildman–Crippen MR) is 70.9 cm³/mol. The standard InChI is InChI=1S/C15H9NO2/c17-15-11-6-2-1-5-10(11)9-14-16(15)12-7-3-4-8-13(12)18-14/h1-9H. The number of aromatic nitrogens is 1. The molecule has 0 unspecified atom stereocenters. The van der Waals surface area contributed by atoms with Crippen LogP contribution in [0.4, 0.5) is 0 Å². The molecule has 0 saturated heterocycles. The van der Waals surface area contributed by atoms with Crippen LogP contribution in [0.3, 0.4) is 0 Å². The first-order chi connectivity index (χ1) is 8.84. The smallest absolute Gasteiger partial charge is 0.265 e. The summed E-state index contributed by atoms with van der Waals surface area (Å²) in [6.07, 6.45) is 0. The van der Waals surface area contributed by atoms with Gasteiger partial charge in [0.2, 0.25) is 5.71 Å². The molecule has 0 N–H and O–H groups in total. The van der Waals surface area contributed by atoms with Crippen LogP contribution in [-0.4, -0.2) is 4.40 Å². The Morgan fingerprint density at radius 2 is 1.72 bits per heavy atom. The van der Waals surface area contributed by atoms with Crippen LogP contribution in [0.1, 0.15) is 0 Å². The molecule has 3 heteroatoms. The van der Waals surface area contributed by atoms with Crippen molar-refractivity contribution in [1.29, 1.82) is 0 Å². The van der Waals surface area contributed by atoms with Crippen molar-refractivity contribution in [2.75, 3.05) is 0 Å². The maximum absolute atomic E-state index is 12.5. The summed E-state index contributed by atoms with van der Waals surface area (Å²) in [5.41, 5.74) is 2.08. The molecule has 0 radical (unpaired) electrons. The minimum atomic E-state index is -0.0342. The zero-order valence-corrected chi connectivity index (χ0v) is 9.46. The second kappa shape index (κ2) is 3.23. The molecule has 0 fully saturated rings. The van der Waals surface area contributed by atoms with E-state index in [2.05, 4.69) is 0 Å². The maximum atomic E-state index is 12.5. The Hall–Kier alpha value is -2.55. The molecule has 0 aliphatic carbocycles. The average molecular weight is 235 g/mol. The minimum Gasteiger partial charge on any atom is -0.438 e. The van der Waals surface area contributed by atoms with E-state index in [1.807, 2.05) is 54.6 Å². The summed E-state index contributed by atoms with van der Waals surface area (Å²) in [7, 11) is 0. The molecule has 0 bridgehead atoms. The summed E-state index contributed by atoms with van der Waals surface area (Å²) >= 11 is 0. The molecule has 2 aromatic heterocycles. The number of hydrogen-bond donors (Lipinski definition) is 0. The first-order valence-corrected chi connectivity index (χ1v) is 5.77. The lowest BCUT2D eigenvalue weighted by atomic mass is 10.2. The zero-order chi connectivity index (χ0) is 12.1. The van der Waals surface area contributed by atoms with Gasteiger partial charge >= 0.3 is 0 Å². The highest BCUT2D eigenvalue weighted by molar-refractivity contribution is 5.87. The fourth-order valence-electron chi connectivity index (χ4n) is 2.38. The Balaban J connectivity index is 2.39. The van der Waals surface area contributed by atoms with E-state index in [0.29, 0.717) is 11.1 Å². The van der Waals surface area contributed by atoms with Gasteiger partial charge in [-0.25, -0.2) is 4.40 Å². The summed E-state index contributed by atoms with van der Waals surface area (Å²) in [6.45, 7) is 0. The lowest BCUT2D eigenvalue weighted by Crippen LogP contribution is -2.11. The van der Waals surface area contributed by atoms with Crippen LogP contribution in [0.25, 0.3) is 27.6 Å². The van der Waals surface area contributed by atoms with Crippen LogP contribution < -0.4 is 5.56 Å². The Morgan fingerprint density at radius 1 is 0.944 bits per heavy atom. The second-order valence-electron chi connectivity index (χ2n) is 4.28. The molecule has 0 atom stereocenters. The summed E-state index contributed by atoms with van der Waals surface area (Å²) in [4.78, 5) is 12.5. The van der Waals surface area contributed by atoms with E-state index in [1.54, 1.807) is 4.40 Å². The predicted octanol–water partition coefficient (Wildman–Crippen LogP) is 3.20. The Morgan fingerprint density at radius 3 is 2.67 bits per heavy atom.